The monoisotopic (exact) mass is 386 g/mol. The molecular weight excluding hydrogens is 380 g/mol. The Kier molecular flexibility index (Phi) is 5.67. The van der Waals surface area contributed by atoms with Crippen LogP contribution in [0.4, 0.5) is 18.3 Å². The molecule has 2 aromatic rings. The Balaban J connectivity index is 0.00000200. The molecule has 0 atom stereocenters. The van der Waals surface area contributed by atoms with E-state index in [1.165, 1.54) is 18.2 Å². The van der Waals surface area contributed by atoms with Crippen molar-refractivity contribution in [3.05, 3.63) is 18.2 Å². The van der Waals surface area contributed by atoms with E-state index in [2.05, 4.69) is 31.9 Å². The second-order valence-electron chi connectivity index (χ2n) is 3.40. The van der Waals surface area contributed by atoms with E-state index in [4.69, 9.17) is 0 Å². The van der Waals surface area contributed by atoms with Gasteiger partial charge in [-0.3, -0.25) is 0 Å². The van der Waals surface area contributed by atoms with Gasteiger partial charge in [-0.25, -0.2) is 0 Å². The molecule has 4 nitrogen and oxygen atoms in total. The molecule has 0 fully saturated rings. The molecule has 0 bridgehead atoms. The van der Waals surface area contributed by atoms with E-state index in [0.717, 1.165) is 11.3 Å². The van der Waals surface area contributed by atoms with Gasteiger partial charge in [0.15, 0.2) is 0 Å². The number of alkyl halides is 3. The van der Waals surface area contributed by atoms with Gasteiger partial charge in [0.2, 0.25) is 0 Å². The fourth-order valence-corrected chi connectivity index (χ4v) is 2.39. The average Bonchev–Trinajstić information content (AvgIpc) is 2.68. The zero-order valence-electron chi connectivity index (χ0n) is 9.60. The molecule has 2 radical (unpaired) electrons. The van der Waals surface area contributed by atoms with Crippen LogP contribution in [0.3, 0.4) is 0 Å². The summed E-state index contributed by atoms with van der Waals surface area (Å²) in [5, 5.41) is 3.12. The van der Waals surface area contributed by atoms with Gasteiger partial charge in [0.05, 0.1) is 0 Å². The first-order chi connectivity index (χ1) is 8.87. The summed E-state index contributed by atoms with van der Waals surface area (Å²) in [5.74, 6) is -0.542. The van der Waals surface area contributed by atoms with Crippen LogP contribution in [0.15, 0.2) is 18.2 Å². The van der Waals surface area contributed by atoms with Gasteiger partial charge in [-0.05, 0) is 0 Å². The van der Waals surface area contributed by atoms with Crippen molar-refractivity contribution in [1.82, 2.24) is 4.98 Å². The van der Waals surface area contributed by atoms with Gasteiger partial charge in [0.25, 0.3) is 0 Å². The standard InChI is InChI=1S/C10H6AsF3N2O2S.ClH/c11-4-8(17)16-9-15-6-2-1-5(3-7(6)19-9)18-10(12,13)14;/h1-3H,4H2,(H,15,16,17);1H. The maximum absolute atomic E-state index is 12.1. The third kappa shape index (κ3) is 4.54. The van der Waals surface area contributed by atoms with Gasteiger partial charge < -0.3 is 0 Å². The zero-order chi connectivity index (χ0) is 14.0. The number of amides is 1. The van der Waals surface area contributed by atoms with E-state index >= 15 is 0 Å². The minimum absolute atomic E-state index is 0. The van der Waals surface area contributed by atoms with Crippen LogP contribution < -0.4 is 10.1 Å². The van der Waals surface area contributed by atoms with E-state index in [0.29, 0.717) is 15.3 Å². The molecule has 10 heteroatoms. The molecule has 0 aliphatic heterocycles. The molecule has 1 aromatic carbocycles. The Morgan fingerprint density at radius 1 is 1.45 bits per heavy atom. The van der Waals surface area contributed by atoms with E-state index in [1.54, 1.807) is 0 Å². The molecular formula is C10H7AsClF3N2O2S. The summed E-state index contributed by atoms with van der Waals surface area (Å²) in [4.78, 5) is 15.3. The number of carbonyl (C=O) groups is 1. The molecule has 20 heavy (non-hydrogen) atoms. The number of fused-ring (bicyclic) bond motifs is 1. The number of anilines is 1. The van der Waals surface area contributed by atoms with Crippen molar-refractivity contribution in [1.29, 1.82) is 0 Å². The van der Waals surface area contributed by atoms with Gasteiger partial charge in [0, 0.05) is 0 Å². The van der Waals surface area contributed by atoms with E-state index in [-0.39, 0.29) is 29.3 Å². The summed E-state index contributed by atoms with van der Waals surface area (Å²) >= 11 is 3.21. The molecule has 1 heterocycles. The first-order valence-corrected chi connectivity index (χ1v) is 7.09. The summed E-state index contributed by atoms with van der Waals surface area (Å²) in [5.41, 5.74) is 0.500. The molecule has 0 saturated heterocycles. The number of hydrogen-bond acceptors (Lipinski definition) is 4. The number of ether oxygens (including phenoxy) is 1. The molecule has 0 aliphatic carbocycles. The van der Waals surface area contributed by atoms with Crippen LogP contribution in [-0.4, -0.2) is 34.1 Å². The van der Waals surface area contributed by atoms with E-state index in [9.17, 15) is 18.0 Å². The van der Waals surface area contributed by atoms with Crippen molar-refractivity contribution in [2.45, 2.75) is 11.6 Å². The Hall–Kier alpha value is -0.982. The Bertz CT molecular complexity index is 620. The van der Waals surface area contributed by atoms with Crippen molar-refractivity contribution in [3.63, 3.8) is 0 Å². The van der Waals surface area contributed by atoms with Crippen LogP contribution in [0.1, 0.15) is 0 Å². The summed E-state index contributed by atoms with van der Waals surface area (Å²) in [6.45, 7) is 0. The fraction of sp³-hybridized carbons (Fsp3) is 0.200. The van der Waals surface area contributed by atoms with Crippen LogP contribution in [0, 0.1) is 0 Å². The fourth-order valence-electron chi connectivity index (χ4n) is 1.31. The van der Waals surface area contributed by atoms with Crippen LogP contribution >= 0.6 is 23.7 Å². The Morgan fingerprint density at radius 3 is 2.75 bits per heavy atom. The topological polar surface area (TPSA) is 51.2 Å². The molecule has 2 rings (SSSR count). The number of aromatic nitrogens is 1. The van der Waals surface area contributed by atoms with Crippen molar-refractivity contribution >= 4 is 61.9 Å². The molecule has 0 saturated carbocycles. The average molecular weight is 387 g/mol. The second-order valence-corrected chi connectivity index (χ2v) is 5.10. The predicted octanol–water partition coefficient (Wildman–Crippen LogP) is 3.14. The molecule has 1 aromatic heterocycles. The third-order valence-corrected chi connectivity index (χ3v) is 3.52. The minimum atomic E-state index is -4.73. The molecule has 0 aliphatic rings. The summed E-state index contributed by atoms with van der Waals surface area (Å²) in [6, 6.07) is 3.82. The van der Waals surface area contributed by atoms with E-state index in [1.807, 2.05) is 0 Å². The van der Waals surface area contributed by atoms with Crippen molar-refractivity contribution in [3.8, 4) is 5.75 Å². The SMILES string of the molecule is Cl.O=C(C[As])Nc1nc2ccc(OC(F)(F)F)cc2s1. The number of rotatable bonds is 3. The molecule has 1 amide bonds. The van der Waals surface area contributed by atoms with Gasteiger partial charge in [-0.15, -0.1) is 12.4 Å². The van der Waals surface area contributed by atoms with Crippen LogP contribution in [0.25, 0.3) is 10.2 Å². The molecule has 0 spiro atoms. The number of thiazole rings is 1. The molecule has 0 unspecified atom stereocenters. The number of benzene rings is 1. The Morgan fingerprint density at radius 2 is 2.15 bits per heavy atom. The first kappa shape index (κ1) is 17.1. The van der Waals surface area contributed by atoms with E-state index < -0.39 is 6.36 Å². The van der Waals surface area contributed by atoms with Gasteiger partial charge in [-0.1, -0.05) is 0 Å². The second kappa shape index (κ2) is 6.65. The summed E-state index contributed by atoms with van der Waals surface area (Å²) in [7, 11) is 0. The number of carbonyl (C=O) groups excluding carboxylic acids is 1. The van der Waals surface area contributed by atoms with Crippen LogP contribution in [0.2, 0.25) is 5.21 Å². The summed E-state index contributed by atoms with van der Waals surface area (Å²) < 4.78 is 40.5. The molecule has 1 N–H and O–H groups in total. The normalized spacial score (nSPS) is 11.0. The van der Waals surface area contributed by atoms with Gasteiger partial charge in [-0.2, -0.15) is 0 Å². The van der Waals surface area contributed by atoms with Crippen molar-refractivity contribution in [2.24, 2.45) is 0 Å². The van der Waals surface area contributed by atoms with Crippen LogP contribution in [-0.2, 0) is 4.79 Å². The Labute approximate surface area is 130 Å². The quantitative estimate of drug-likeness (QED) is 0.825. The number of hydrogen-bond donors (Lipinski definition) is 1. The van der Waals surface area contributed by atoms with Crippen molar-refractivity contribution in [2.75, 3.05) is 5.32 Å². The zero-order valence-corrected chi connectivity index (χ0v) is 13.1. The number of halogens is 4. The van der Waals surface area contributed by atoms with Gasteiger partial charge >= 0.3 is 118 Å². The predicted molar refractivity (Wildman–Crippen MR) is 72.7 cm³/mol. The van der Waals surface area contributed by atoms with Crippen molar-refractivity contribution < 1.29 is 22.7 Å². The van der Waals surface area contributed by atoms with Gasteiger partial charge in [0.1, 0.15) is 0 Å². The first-order valence-electron chi connectivity index (χ1n) is 4.94. The third-order valence-electron chi connectivity index (χ3n) is 1.98. The maximum atomic E-state index is 12.1. The summed E-state index contributed by atoms with van der Waals surface area (Å²) in [6.07, 6.45) is -4.73. The number of nitrogens with zero attached hydrogens (tertiary/aromatic N) is 1. The van der Waals surface area contributed by atoms with Crippen LogP contribution in [0.5, 0.6) is 5.75 Å². The molecule has 108 valence electrons. The number of nitrogens with one attached hydrogen (secondary N) is 1.